The molecule has 2 aromatic heterocycles. The maximum atomic E-state index is 14.8. The number of hydrogen-bond acceptors (Lipinski definition) is 6. The standard InChI is InChI=1S/C27H24F2N6O/c1-36-20-10-7-17(8-11-20)13-14-31-27-32-24(21-12-9-19(28)15-22(21)29)23-25(30)35(34-26(23)33-27)16-18-5-3-2-4-6-18/h2-12,15H,13-14,16,30H2,1H3,(H,31,33,34). The van der Waals surface area contributed by atoms with E-state index in [9.17, 15) is 8.78 Å². The number of aromatic nitrogens is 4. The van der Waals surface area contributed by atoms with Crippen LogP contribution in [0.5, 0.6) is 5.75 Å². The average molecular weight is 487 g/mol. The molecule has 5 rings (SSSR count). The number of ether oxygens (including phenoxy) is 1. The molecule has 2 heterocycles. The summed E-state index contributed by atoms with van der Waals surface area (Å²) in [5, 5.41) is 8.18. The van der Waals surface area contributed by atoms with Crippen LogP contribution in [0.4, 0.5) is 20.5 Å². The lowest BCUT2D eigenvalue weighted by molar-refractivity contribution is 0.414. The molecular formula is C27H24F2N6O. The maximum absolute atomic E-state index is 14.8. The molecule has 0 radical (unpaired) electrons. The number of nitrogens with zero attached hydrogens (tertiary/aromatic N) is 4. The second-order valence-corrected chi connectivity index (χ2v) is 8.27. The smallest absolute Gasteiger partial charge is 0.225 e. The third-order valence-corrected chi connectivity index (χ3v) is 5.86. The second-order valence-electron chi connectivity index (χ2n) is 8.27. The van der Waals surface area contributed by atoms with Crippen molar-refractivity contribution in [1.29, 1.82) is 0 Å². The highest BCUT2D eigenvalue weighted by molar-refractivity contribution is 5.99. The van der Waals surface area contributed by atoms with Gasteiger partial charge in [0.05, 0.1) is 24.7 Å². The zero-order chi connectivity index (χ0) is 25.1. The first kappa shape index (κ1) is 23.2. The SMILES string of the molecule is COc1ccc(CCNc2nc(-c3ccc(F)cc3F)c3c(N)n(Cc4ccccc4)nc3n2)cc1. The van der Waals surface area contributed by atoms with Crippen molar-refractivity contribution in [3.8, 4) is 17.0 Å². The monoisotopic (exact) mass is 486 g/mol. The Morgan fingerprint density at radius 1 is 0.944 bits per heavy atom. The van der Waals surface area contributed by atoms with Gasteiger partial charge in [-0.25, -0.2) is 18.4 Å². The Bertz CT molecular complexity index is 1500. The summed E-state index contributed by atoms with van der Waals surface area (Å²) < 4.78 is 35.2. The zero-order valence-electron chi connectivity index (χ0n) is 19.6. The van der Waals surface area contributed by atoms with Crippen molar-refractivity contribution in [2.75, 3.05) is 24.7 Å². The molecule has 3 N–H and O–H groups in total. The van der Waals surface area contributed by atoms with Gasteiger partial charge < -0.3 is 15.8 Å². The summed E-state index contributed by atoms with van der Waals surface area (Å²) in [6.07, 6.45) is 0.705. The Kier molecular flexibility index (Phi) is 6.44. The average Bonchev–Trinajstić information content (AvgIpc) is 3.19. The number of benzene rings is 3. The molecule has 36 heavy (non-hydrogen) atoms. The molecule has 0 amide bonds. The van der Waals surface area contributed by atoms with Crippen LogP contribution in [0.15, 0.2) is 72.8 Å². The van der Waals surface area contributed by atoms with Crippen molar-refractivity contribution in [3.05, 3.63) is 95.6 Å². The number of nitrogens with two attached hydrogens (primary N) is 1. The first-order valence-corrected chi connectivity index (χ1v) is 11.4. The molecule has 0 bridgehead atoms. The molecule has 0 fully saturated rings. The molecule has 9 heteroatoms. The van der Waals surface area contributed by atoms with Gasteiger partial charge in [0.15, 0.2) is 5.65 Å². The van der Waals surface area contributed by atoms with Crippen molar-refractivity contribution < 1.29 is 13.5 Å². The number of hydrogen-bond donors (Lipinski definition) is 2. The summed E-state index contributed by atoms with van der Waals surface area (Å²) >= 11 is 0. The summed E-state index contributed by atoms with van der Waals surface area (Å²) in [6, 6.07) is 20.8. The molecule has 182 valence electrons. The Labute approximate surface area is 206 Å². The minimum atomic E-state index is -0.741. The van der Waals surface area contributed by atoms with Crippen LogP contribution >= 0.6 is 0 Å². The molecule has 3 aromatic carbocycles. The highest BCUT2D eigenvalue weighted by atomic mass is 19.1. The van der Waals surface area contributed by atoms with Crippen molar-refractivity contribution in [2.24, 2.45) is 0 Å². The number of rotatable bonds is 8. The lowest BCUT2D eigenvalue weighted by Gasteiger charge is -2.10. The van der Waals surface area contributed by atoms with Crippen LogP contribution in [0.25, 0.3) is 22.3 Å². The quantitative estimate of drug-likeness (QED) is 0.318. The fourth-order valence-electron chi connectivity index (χ4n) is 4.00. The number of halogens is 2. The van der Waals surface area contributed by atoms with Crippen molar-refractivity contribution in [1.82, 2.24) is 19.7 Å². The van der Waals surface area contributed by atoms with Gasteiger partial charge >= 0.3 is 0 Å². The predicted octanol–water partition coefficient (Wildman–Crippen LogP) is 5.07. The van der Waals surface area contributed by atoms with Crippen LogP contribution in [0.3, 0.4) is 0 Å². The van der Waals surface area contributed by atoms with Gasteiger partial charge in [0.2, 0.25) is 5.95 Å². The largest absolute Gasteiger partial charge is 0.497 e. The van der Waals surface area contributed by atoms with E-state index in [1.807, 2.05) is 54.6 Å². The molecule has 7 nitrogen and oxygen atoms in total. The lowest BCUT2D eigenvalue weighted by atomic mass is 10.1. The van der Waals surface area contributed by atoms with Gasteiger partial charge in [0, 0.05) is 18.2 Å². The van der Waals surface area contributed by atoms with E-state index in [-0.39, 0.29) is 17.2 Å². The molecule has 0 aliphatic heterocycles. The van der Waals surface area contributed by atoms with E-state index >= 15 is 0 Å². The molecule has 0 aliphatic rings. The minimum absolute atomic E-state index is 0.118. The van der Waals surface area contributed by atoms with Crippen LogP contribution in [-0.4, -0.2) is 33.4 Å². The Hall–Kier alpha value is -4.53. The van der Waals surface area contributed by atoms with E-state index < -0.39 is 11.6 Å². The molecule has 5 aromatic rings. The first-order chi connectivity index (χ1) is 17.5. The van der Waals surface area contributed by atoms with Crippen LogP contribution in [0.2, 0.25) is 0 Å². The van der Waals surface area contributed by atoms with E-state index in [0.717, 1.165) is 22.9 Å². The van der Waals surface area contributed by atoms with E-state index in [0.29, 0.717) is 36.4 Å². The van der Waals surface area contributed by atoms with Crippen molar-refractivity contribution >= 4 is 22.8 Å². The van der Waals surface area contributed by atoms with Gasteiger partial charge in [0.1, 0.15) is 23.2 Å². The number of anilines is 2. The van der Waals surface area contributed by atoms with E-state index in [1.165, 1.54) is 12.1 Å². The zero-order valence-corrected chi connectivity index (χ0v) is 19.6. The summed E-state index contributed by atoms with van der Waals surface area (Å²) in [7, 11) is 1.62. The second kappa shape index (κ2) is 9.99. The number of nitrogens with one attached hydrogen (secondary N) is 1. The molecule has 0 spiro atoms. The van der Waals surface area contributed by atoms with Gasteiger partial charge in [0.25, 0.3) is 0 Å². The maximum Gasteiger partial charge on any atom is 0.225 e. The van der Waals surface area contributed by atoms with Crippen molar-refractivity contribution in [3.63, 3.8) is 0 Å². The van der Waals surface area contributed by atoms with E-state index in [1.54, 1.807) is 11.8 Å². The highest BCUT2D eigenvalue weighted by Gasteiger charge is 2.21. The van der Waals surface area contributed by atoms with Gasteiger partial charge in [-0.2, -0.15) is 4.98 Å². The molecule has 0 atom stereocenters. The molecule has 0 unspecified atom stereocenters. The molecule has 0 saturated carbocycles. The van der Waals surface area contributed by atoms with Gasteiger partial charge in [-0.05, 0) is 41.8 Å². The fourth-order valence-corrected chi connectivity index (χ4v) is 4.00. The molecular weight excluding hydrogens is 462 g/mol. The Balaban J connectivity index is 1.50. The van der Waals surface area contributed by atoms with Crippen LogP contribution < -0.4 is 15.8 Å². The summed E-state index contributed by atoms with van der Waals surface area (Å²) in [5.74, 6) is -0.0480. The van der Waals surface area contributed by atoms with Gasteiger partial charge in [-0.15, -0.1) is 5.10 Å². The lowest BCUT2D eigenvalue weighted by Crippen LogP contribution is -2.09. The normalized spacial score (nSPS) is 11.1. The van der Waals surface area contributed by atoms with Crippen LogP contribution in [0, 0.1) is 11.6 Å². The number of methoxy groups -OCH3 is 1. The van der Waals surface area contributed by atoms with Crippen LogP contribution in [-0.2, 0) is 13.0 Å². The fraction of sp³-hybridized carbons (Fsp3) is 0.148. The first-order valence-electron chi connectivity index (χ1n) is 11.4. The summed E-state index contributed by atoms with van der Waals surface area (Å²) in [4.78, 5) is 9.10. The third kappa shape index (κ3) is 4.81. The Morgan fingerprint density at radius 2 is 1.72 bits per heavy atom. The number of fused-ring (bicyclic) bond motifs is 1. The topological polar surface area (TPSA) is 90.9 Å². The van der Waals surface area contributed by atoms with Gasteiger partial charge in [-0.1, -0.05) is 42.5 Å². The Morgan fingerprint density at radius 3 is 2.44 bits per heavy atom. The van der Waals surface area contributed by atoms with E-state index in [2.05, 4.69) is 20.4 Å². The molecule has 0 aliphatic carbocycles. The van der Waals surface area contributed by atoms with Crippen molar-refractivity contribution in [2.45, 2.75) is 13.0 Å². The summed E-state index contributed by atoms with van der Waals surface area (Å²) in [5.41, 5.74) is 9.24. The predicted molar refractivity (Wildman–Crippen MR) is 136 cm³/mol. The highest BCUT2D eigenvalue weighted by Crippen LogP contribution is 2.33. The van der Waals surface area contributed by atoms with Gasteiger partial charge in [-0.3, -0.25) is 0 Å². The van der Waals surface area contributed by atoms with E-state index in [4.69, 9.17) is 10.5 Å². The summed E-state index contributed by atoms with van der Waals surface area (Å²) in [6.45, 7) is 0.942. The third-order valence-electron chi connectivity index (χ3n) is 5.86. The minimum Gasteiger partial charge on any atom is -0.497 e. The number of nitrogen functional groups attached to an aromatic ring is 1. The van der Waals surface area contributed by atoms with Crippen LogP contribution in [0.1, 0.15) is 11.1 Å². The molecule has 0 saturated heterocycles.